The summed E-state index contributed by atoms with van der Waals surface area (Å²) in [6, 6.07) is 8.39. The second kappa shape index (κ2) is 8.57. The number of nitriles is 1. The molecule has 0 aliphatic heterocycles. The largest absolute Gasteiger partial charge is 0.508 e. The fourth-order valence-corrected chi connectivity index (χ4v) is 3.84. The first-order valence-electron chi connectivity index (χ1n) is 11.1. The van der Waals surface area contributed by atoms with Gasteiger partial charge < -0.3 is 21.5 Å². The average molecular weight is 470 g/mol. The van der Waals surface area contributed by atoms with Crippen LogP contribution in [-0.4, -0.2) is 41.6 Å². The van der Waals surface area contributed by atoms with Crippen molar-refractivity contribution in [2.45, 2.75) is 38.8 Å². The van der Waals surface area contributed by atoms with Crippen LogP contribution in [0.25, 0.3) is 16.8 Å². The van der Waals surface area contributed by atoms with E-state index in [0.717, 1.165) is 23.9 Å². The van der Waals surface area contributed by atoms with Crippen LogP contribution in [0.2, 0.25) is 0 Å². The van der Waals surface area contributed by atoms with Gasteiger partial charge in [-0.2, -0.15) is 10.4 Å². The van der Waals surface area contributed by atoms with Crippen molar-refractivity contribution in [3.05, 3.63) is 59.3 Å². The number of hydrogen-bond donors (Lipinski definition) is 4. The number of anilines is 2. The van der Waals surface area contributed by atoms with Crippen molar-refractivity contribution in [1.29, 1.82) is 5.26 Å². The molecule has 5 rings (SSSR count). The molecule has 3 heterocycles. The number of carbonyl (C=O) groups is 1. The molecule has 4 aromatic rings. The Bertz CT molecular complexity index is 1500. The first-order valence-corrected chi connectivity index (χ1v) is 11.1. The first kappa shape index (κ1) is 22.1. The zero-order valence-corrected chi connectivity index (χ0v) is 19.1. The number of nitrogen functional groups attached to an aromatic ring is 1. The minimum Gasteiger partial charge on any atom is -0.508 e. The number of aromatic hydroxyl groups is 1. The van der Waals surface area contributed by atoms with Gasteiger partial charge in [-0.15, -0.1) is 0 Å². The Hall–Kier alpha value is -4.72. The van der Waals surface area contributed by atoms with Gasteiger partial charge >= 0.3 is 0 Å². The van der Waals surface area contributed by atoms with E-state index in [0.29, 0.717) is 22.6 Å². The van der Waals surface area contributed by atoms with Crippen molar-refractivity contribution in [2.75, 3.05) is 11.1 Å². The number of nitrogens with two attached hydrogens (primary N) is 1. The third-order valence-corrected chi connectivity index (χ3v) is 5.82. The van der Waals surface area contributed by atoms with Crippen LogP contribution in [0.4, 0.5) is 11.6 Å². The summed E-state index contributed by atoms with van der Waals surface area (Å²) in [6.07, 6.45) is 5.02. The van der Waals surface area contributed by atoms with Crippen LogP contribution < -0.4 is 16.4 Å². The third-order valence-electron chi connectivity index (χ3n) is 5.82. The van der Waals surface area contributed by atoms with E-state index in [1.54, 1.807) is 16.6 Å². The van der Waals surface area contributed by atoms with Crippen molar-refractivity contribution in [3.8, 4) is 23.1 Å². The van der Waals surface area contributed by atoms with Crippen LogP contribution in [0.15, 0.2) is 36.8 Å². The minimum atomic E-state index is -0.461. The SMILES string of the molecule is Cc1ccn2nc([C@H](C)Nc3ncnc(N)c3C#N)nc(-c3cc(O)cc(C(=O)NC4CC4)c3)c12. The Morgan fingerprint density at radius 1 is 1.31 bits per heavy atom. The highest BCUT2D eigenvalue weighted by molar-refractivity contribution is 5.97. The molecule has 35 heavy (non-hydrogen) atoms. The van der Waals surface area contributed by atoms with E-state index in [1.165, 1.54) is 12.4 Å². The number of phenols is 1. The molecule has 176 valence electrons. The molecule has 0 radical (unpaired) electrons. The number of nitrogens with zero attached hydrogens (tertiary/aromatic N) is 6. The number of rotatable bonds is 6. The second-order valence-corrected chi connectivity index (χ2v) is 8.59. The summed E-state index contributed by atoms with van der Waals surface area (Å²) in [5.74, 6) is 0.496. The van der Waals surface area contributed by atoms with E-state index < -0.39 is 6.04 Å². The summed E-state index contributed by atoms with van der Waals surface area (Å²) in [5, 5.41) is 30.5. The maximum atomic E-state index is 12.7. The molecular formula is C24H23N9O2. The molecule has 0 spiro atoms. The van der Waals surface area contributed by atoms with Gasteiger partial charge in [-0.05, 0) is 56.5 Å². The third kappa shape index (κ3) is 4.29. The molecule has 1 aromatic carbocycles. The number of phenolic OH excluding ortho intramolecular Hbond substituents is 1. The quantitative estimate of drug-likeness (QED) is 0.332. The Morgan fingerprint density at radius 3 is 2.86 bits per heavy atom. The van der Waals surface area contributed by atoms with Gasteiger partial charge in [0.25, 0.3) is 5.91 Å². The average Bonchev–Trinajstić information content (AvgIpc) is 3.57. The summed E-state index contributed by atoms with van der Waals surface area (Å²) in [6.45, 7) is 3.77. The number of fused-ring (bicyclic) bond motifs is 1. The number of aromatic nitrogens is 5. The van der Waals surface area contributed by atoms with E-state index in [1.807, 2.05) is 32.2 Å². The van der Waals surface area contributed by atoms with Crippen molar-refractivity contribution in [1.82, 2.24) is 29.9 Å². The molecule has 1 saturated carbocycles. The molecule has 5 N–H and O–H groups in total. The molecule has 0 unspecified atom stereocenters. The molecule has 0 bridgehead atoms. The molecule has 1 aliphatic rings. The topological polar surface area (TPSA) is 167 Å². The minimum absolute atomic E-state index is 0.0349. The van der Waals surface area contributed by atoms with Crippen molar-refractivity contribution in [2.24, 2.45) is 0 Å². The van der Waals surface area contributed by atoms with E-state index in [-0.39, 0.29) is 34.9 Å². The fraction of sp³-hybridized carbons (Fsp3) is 0.250. The van der Waals surface area contributed by atoms with Gasteiger partial charge in [0.15, 0.2) is 5.82 Å². The fourth-order valence-electron chi connectivity index (χ4n) is 3.84. The predicted octanol–water partition coefficient (Wildman–Crippen LogP) is 2.72. The number of amides is 1. The summed E-state index contributed by atoms with van der Waals surface area (Å²) in [5.41, 5.74) is 9.13. The van der Waals surface area contributed by atoms with Crippen LogP contribution in [0.3, 0.4) is 0 Å². The standard InChI is InChI=1S/C24H23N9O2/c1-12-5-6-33-20(12)19(14-7-15(9-17(34)8-14)24(35)30-16-3-4-16)31-22(32-33)13(2)29-23-18(10-25)21(26)27-11-28-23/h5-9,11,13,16,34H,3-4H2,1-2H3,(H,30,35)(H3,26,27,28,29)/t13-/m0/s1. The van der Waals surface area contributed by atoms with Gasteiger partial charge in [-0.25, -0.2) is 19.5 Å². The first-order chi connectivity index (χ1) is 16.8. The van der Waals surface area contributed by atoms with Gasteiger partial charge in [0.2, 0.25) is 0 Å². The smallest absolute Gasteiger partial charge is 0.251 e. The molecule has 1 atom stereocenters. The second-order valence-electron chi connectivity index (χ2n) is 8.59. The summed E-state index contributed by atoms with van der Waals surface area (Å²) >= 11 is 0. The van der Waals surface area contributed by atoms with Crippen LogP contribution in [-0.2, 0) is 0 Å². The molecule has 11 nitrogen and oxygen atoms in total. The number of benzene rings is 1. The van der Waals surface area contributed by atoms with Crippen molar-refractivity contribution >= 4 is 23.1 Å². The molecule has 0 saturated heterocycles. The highest BCUT2D eigenvalue weighted by Gasteiger charge is 2.25. The van der Waals surface area contributed by atoms with E-state index in [4.69, 9.17) is 10.7 Å². The van der Waals surface area contributed by atoms with Gasteiger partial charge in [0.1, 0.15) is 35.3 Å². The lowest BCUT2D eigenvalue weighted by atomic mass is 10.0. The monoisotopic (exact) mass is 469 g/mol. The van der Waals surface area contributed by atoms with E-state index in [2.05, 4.69) is 25.7 Å². The molecule has 11 heteroatoms. The molecule has 1 aliphatic carbocycles. The van der Waals surface area contributed by atoms with Gasteiger partial charge in [-0.1, -0.05) is 0 Å². The van der Waals surface area contributed by atoms with Gasteiger partial charge in [0.05, 0.1) is 17.3 Å². The summed E-state index contributed by atoms with van der Waals surface area (Å²) in [4.78, 5) is 25.4. The number of aryl methyl sites for hydroxylation is 1. The van der Waals surface area contributed by atoms with Crippen molar-refractivity contribution in [3.63, 3.8) is 0 Å². The van der Waals surface area contributed by atoms with Crippen LogP contribution in [0.1, 0.15) is 53.1 Å². The normalized spacial score (nSPS) is 13.9. The maximum absolute atomic E-state index is 12.7. The molecule has 1 fully saturated rings. The lowest BCUT2D eigenvalue weighted by Gasteiger charge is -2.17. The Labute approximate surface area is 200 Å². The Balaban J connectivity index is 1.58. The molecule has 1 amide bonds. The zero-order chi connectivity index (χ0) is 24.7. The zero-order valence-electron chi connectivity index (χ0n) is 19.1. The van der Waals surface area contributed by atoms with E-state index in [9.17, 15) is 15.2 Å². The highest BCUT2D eigenvalue weighted by Crippen LogP contribution is 2.31. The lowest BCUT2D eigenvalue weighted by Crippen LogP contribution is -2.25. The van der Waals surface area contributed by atoms with Crippen LogP contribution >= 0.6 is 0 Å². The Morgan fingerprint density at radius 2 is 2.11 bits per heavy atom. The Kier molecular flexibility index (Phi) is 5.41. The lowest BCUT2D eigenvalue weighted by molar-refractivity contribution is 0.0950. The van der Waals surface area contributed by atoms with Crippen molar-refractivity contribution < 1.29 is 9.90 Å². The highest BCUT2D eigenvalue weighted by atomic mass is 16.3. The van der Waals surface area contributed by atoms with E-state index >= 15 is 0 Å². The summed E-state index contributed by atoms with van der Waals surface area (Å²) < 4.78 is 1.71. The van der Waals surface area contributed by atoms with Gasteiger partial charge in [0, 0.05) is 23.4 Å². The number of nitrogens with one attached hydrogen (secondary N) is 2. The number of carbonyl (C=O) groups excluding carboxylic acids is 1. The molecular weight excluding hydrogens is 446 g/mol. The predicted molar refractivity (Wildman–Crippen MR) is 129 cm³/mol. The molecule has 3 aromatic heterocycles. The van der Waals surface area contributed by atoms with Crippen LogP contribution in [0.5, 0.6) is 5.75 Å². The summed E-state index contributed by atoms with van der Waals surface area (Å²) in [7, 11) is 0. The number of hydrogen-bond acceptors (Lipinski definition) is 9. The van der Waals surface area contributed by atoms with Gasteiger partial charge in [-0.3, -0.25) is 4.79 Å². The van der Waals surface area contributed by atoms with Crippen LogP contribution in [0, 0.1) is 18.3 Å². The maximum Gasteiger partial charge on any atom is 0.251 e.